The molecule has 25 heavy (non-hydrogen) atoms. The van der Waals surface area contributed by atoms with Crippen molar-refractivity contribution in [2.45, 2.75) is 18.9 Å². The lowest BCUT2D eigenvalue weighted by Crippen LogP contribution is -2.45. The number of nitrogens with zero attached hydrogens (tertiary/aromatic N) is 6. The summed E-state index contributed by atoms with van der Waals surface area (Å²) in [6.07, 6.45) is 4.45. The number of hydrogen-bond acceptors (Lipinski definition) is 9. The van der Waals surface area contributed by atoms with Gasteiger partial charge in [-0.25, -0.2) is 9.97 Å². The van der Waals surface area contributed by atoms with Gasteiger partial charge in [0.05, 0.1) is 14.2 Å². The third kappa shape index (κ3) is 4.08. The topological polar surface area (TPSA) is 115 Å². The quantitative estimate of drug-likeness (QED) is 0.804. The lowest BCUT2D eigenvalue weighted by atomic mass is 10.1. The van der Waals surface area contributed by atoms with Crippen LogP contribution in [0.1, 0.15) is 23.3 Å². The highest BCUT2D eigenvalue weighted by molar-refractivity contribution is 5.92. The summed E-state index contributed by atoms with van der Waals surface area (Å²) in [6.45, 7) is 1.40. The molecule has 0 spiro atoms. The van der Waals surface area contributed by atoms with Crippen LogP contribution in [-0.4, -0.2) is 64.2 Å². The number of rotatable bonds is 5. The molecule has 1 N–H and O–H groups in total. The Kier molecular flexibility index (Phi) is 5.17. The fourth-order valence-corrected chi connectivity index (χ4v) is 2.56. The Bertz CT molecular complexity index is 698. The standard InChI is InChI=1S/C15H19N7O3/c1-24-14-19-13(20-15(21-14)25-2)22-7-4-10(5-8-22)18-12(23)11-3-6-16-9-17-11/h3,6,9-10H,4-5,7-8H2,1-2H3,(H,18,23). The SMILES string of the molecule is COc1nc(OC)nc(N2CCC(NC(=O)c3ccncn3)CC2)n1. The zero-order valence-corrected chi connectivity index (χ0v) is 14.0. The molecular formula is C15H19N7O3. The van der Waals surface area contributed by atoms with Gasteiger partial charge in [-0.2, -0.15) is 9.97 Å². The Hall–Kier alpha value is -3.04. The van der Waals surface area contributed by atoms with Crippen molar-refractivity contribution in [1.29, 1.82) is 0 Å². The van der Waals surface area contributed by atoms with Crippen molar-refractivity contribution >= 4 is 11.9 Å². The molecule has 2 aromatic rings. The van der Waals surface area contributed by atoms with E-state index in [0.29, 0.717) is 24.7 Å². The molecule has 10 heteroatoms. The largest absolute Gasteiger partial charge is 0.467 e. The number of anilines is 1. The minimum absolute atomic E-state index is 0.0735. The molecule has 2 aromatic heterocycles. The van der Waals surface area contributed by atoms with Crippen molar-refractivity contribution in [2.75, 3.05) is 32.2 Å². The zero-order chi connectivity index (χ0) is 17.6. The number of hydrogen-bond donors (Lipinski definition) is 1. The van der Waals surface area contributed by atoms with Gasteiger partial charge >= 0.3 is 12.0 Å². The second kappa shape index (κ2) is 7.69. The Morgan fingerprint density at radius 1 is 1.16 bits per heavy atom. The monoisotopic (exact) mass is 345 g/mol. The van der Waals surface area contributed by atoms with Crippen LogP contribution in [0.25, 0.3) is 0 Å². The summed E-state index contributed by atoms with van der Waals surface area (Å²) in [7, 11) is 2.99. The van der Waals surface area contributed by atoms with E-state index in [1.54, 1.807) is 12.3 Å². The van der Waals surface area contributed by atoms with Gasteiger partial charge in [-0.15, -0.1) is 4.98 Å². The van der Waals surface area contributed by atoms with Crippen LogP contribution in [0.3, 0.4) is 0 Å². The van der Waals surface area contributed by atoms with E-state index in [9.17, 15) is 4.79 Å². The molecule has 1 amide bonds. The van der Waals surface area contributed by atoms with Crippen molar-refractivity contribution in [3.05, 3.63) is 24.3 Å². The van der Waals surface area contributed by atoms with Gasteiger partial charge < -0.3 is 19.7 Å². The number of ether oxygens (including phenoxy) is 2. The summed E-state index contributed by atoms with van der Waals surface area (Å²) >= 11 is 0. The lowest BCUT2D eigenvalue weighted by molar-refractivity contribution is 0.0926. The average molecular weight is 345 g/mol. The van der Waals surface area contributed by atoms with Crippen molar-refractivity contribution < 1.29 is 14.3 Å². The predicted octanol–water partition coefficient (Wildman–Crippen LogP) is 0.0776. The van der Waals surface area contributed by atoms with Gasteiger partial charge in [0.25, 0.3) is 5.91 Å². The van der Waals surface area contributed by atoms with Crippen molar-refractivity contribution in [2.24, 2.45) is 0 Å². The first-order valence-corrected chi connectivity index (χ1v) is 7.85. The summed E-state index contributed by atoms with van der Waals surface area (Å²) in [5, 5.41) is 2.99. The fraction of sp³-hybridized carbons (Fsp3) is 0.467. The number of carbonyl (C=O) groups is 1. The zero-order valence-electron chi connectivity index (χ0n) is 14.0. The van der Waals surface area contributed by atoms with E-state index in [0.717, 1.165) is 12.8 Å². The number of carbonyl (C=O) groups excluding carboxylic acids is 1. The number of amides is 1. The van der Waals surface area contributed by atoms with E-state index in [1.807, 2.05) is 4.90 Å². The summed E-state index contributed by atoms with van der Waals surface area (Å²) < 4.78 is 10.1. The normalized spacial score (nSPS) is 14.9. The first-order valence-electron chi connectivity index (χ1n) is 7.85. The Morgan fingerprint density at radius 2 is 1.84 bits per heavy atom. The van der Waals surface area contributed by atoms with Crippen LogP contribution in [0.4, 0.5) is 5.95 Å². The Balaban J connectivity index is 1.59. The van der Waals surface area contributed by atoms with Crippen LogP contribution in [0.5, 0.6) is 12.0 Å². The van der Waals surface area contributed by atoms with Gasteiger partial charge in [0.15, 0.2) is 0 Å². The molecule has 132 valence electrons. The van der Waals surface area contributed by atoms with E-state index < -0.39 is 0 Å². The fourth-order valence-electron chi connectivity index (χ4n) is 2.56. The highest BCUT2D eigenvalue weighted by Crippen LogP contribution is 2.20. The molecule has 1 aliphatic heterocycles. The van der Waals surface area contributed by atoms with Gasteiger partial charge in [-0.1, -0.05) is 0 Å². The van der Waals surface area contributed by atoms with E-state index in [2.05, 4.69) is 30.2 Å². The van der Waals surface area contributed by atoms with Crippen molar-refractivity contribution in [1.82, 2.24) is 30.2 Å². The highest BCUT2D eigenvalue weighted by atomic mass is 16.5. The second-order valence-corrected chi connectivity index (χ2v) is 5.44. The number of nitrogens with one attached hydrogen (secondary N) is 1. The van der Waals surface area contributed by atoms with Crippen LogP contribution >= 0.6 is 0 Å². The molecule has 0 aliphatic carbocycles. The van der Waals surface area contributed by atoms with Gasteiger partial charge in [0.1, 0.15) is 12.0 Å². The number of methoxy groups -OCH3 is 2. The smallest absolute Gasteiger partial charge is 0.324 e. The van der Waals surface area contributed by atoms with Crippen LogP contribution in [-0.2, 0) is 0 Å². The predicted molar refractivity (Wildman–Crippen MR) is 87.7 cm³/mol. The van der Waals surface area contributed by atoms with Crippen LogP contribution < -0.4 is 19.7 Å². The first kappa shape index (κ1) is 16.8. The number of piperidine rings is 1. The maximum atomic E-state index is 12.2. The van der Waals surface area contributed by atoms with Crippen LogP contribution in [0.15, 0.2) is 18.6 Å². The van der Waals surface area contributed by atoms with E-state index in [1.165, 1.54) is 20.5 Å². The third-order valence-corrected chi connectivity index (χ3v) is 3.88. The summed E-state index contributed by atoms with van der Waals surface area (Å²) in [4.78, 5) is 34.4. The van der Waals surface area contributed by atoms with E-state index >= 15 is 0 Å². The molecule has 0 saturated carbocycles. The average Bonchev–Trinajstić information content (AvgIpc) is 2.68. The molecular weight excluding hydrogens is 326 g/mol. The number of aromatic nitrogens is 5. The highest BCUT2D eigenvalue weighted by Gasteiger charge is 2.24. The van der Waals surface area contributed by atoms with Gasteiger partial charge in [0.2, 0.25) is 5.95 Å². The first-order chi connectivity index (χ1) is 12.2. The van der Waals surface area contributed by atoms with Crippen LogP contribution in [0, 0.1) is 0 Å². The molecule has 3 heterocycles. The molecule has 0 unspecified atom stereocenters. The van der Waals surface area contributed by atoms with Gasteiger partial charge in [-0.05, 0) is 18.9 Å². The van der Waals surface area contributed by atoms with E-state index in [-0.39, 0.29) is 24.0 Å². The summed E-state index contributed by atoms with van der Waals surface area (Å²) in [5.74, 6) is 0.314. The molecule has 3 rings (SSSR count). The minimum atomic E-state index is -0.190. The minimum Gasteiger partial charge on any atom is -0.467 e. The lowest BCUT2D eigenvalue weighted by Gasteiger charge is -2.32. The molecule has 10 nitrogen and oxygen atoms in total. The molecule has 1 aliphatic rings. The van der Waals surface area contributed by atoms with Gasteiger partial charge in [-0.3, -0.25) is 4.79 Å². The molecule has 0 aromatic carbocycles. The molecule has 1 saturated heterocycles. The Labute approximate surface area is 144 Å². The van der Waals surface area contributed by atoms with Crippen LogP contribution in [0.2, 0.25) is 0 Å². The third-order valence-electron chi connectivity index (χ3n) is 3.88. The second-order valence-electron chi connectivity index (χ2n) is 5.44. The van der Waals surface area contributed by atoms with Crippen molar-refractivity contribution in [3.63, 3.8) is 0 Å². The molecule has 0 atom stereocenters. The summed E-state index contributed by atoms with van der Waals surface area (Å²) in [6, 6.07) is 2.08. The summed E-state index contributed by atoms with van der Waals surface area (Å²) in [5.41, 5.74) is 0.365. The molecule has 1 fully saturated rings. The van der Waals surface area contributed by atoms with Crippen molar-refractivity contribution in [3.8, 4) is 12.0 Å². The maximum Gasteiger partial charge on any atom is 0.324 e. The maximum absolute atomic E-state index is 12.2. The molecule has 0 radical (unpaired) electrons. The van der Waals surface area contributed by atoms with E-state index in [4.69, 9.17) is 9.47 Å². The Morgan fingerprint density at radius 3 is 2.40 bits per heavy atom. The van der Waals surface area contributed by atoms with Gasteiger partial charge in [0, 0.05) is 25.3 Å². The molecule has 0 bridgehead atoms.